The molecule has 7 rings (SSSR count). The lowest BCUT2D eigenvalue weighted by molar-refractivity contribution is -0.241. The van der Waals surface area contributed by atoms with Gasteiger partial charge in [0.15, 0.2) is 6.29 Å². The number of carbonyl (C=O) groups is 1. The number of halogens is 1. The monoisotopic (exact) mass is 725 g/mol. The molecule has 2 fully saturated rings. The summed E-state index contributed by atoms with van der Waals surface area (Å²) in [5.74, 6) is 6.07. The number of nitrogens with zero attached hydrogens (tertiary/aromatic N) is 2. The van der Waals surface area contributed by atoms with Crippen LogP contribution in [0.15, 0.2) is 36.4 Å². The molecule has 1 N–H and O–H groups in total. The van der Waals surface area contributed by atoms with Crippen LogP contribution >= 0.6 is 11.6 Å². The molecular formula is C40H56ClN3O5S. The van der Waals surface area contributed by atoms with Crippen molar-refractivity contribution in [1.29, 1.82) is 0 Å². The van der Waals surface area contributed by atoms with Crippen LogP contribution in [-0.2, 0) is 31.0 Å². The normalized spacial score (nSPS) is 37.9. The summed E-state index contributed by atoms with van der Waals surface area (Å²) >= 11 is 6.50. The van der Waals surface area contributed by atoms with Gasteiger partial charge in [0.25, 0.3) is 5.91 Å². The molecule has 0 radical (unpaired) electrons. The molecule has 274 valence electrons. The first-order valence-corrected chi connectivity index (χ1v) is 20.9. The highest BCUT2D eigenvalue weighted by Gasteiger charge is 2.47. The SMILES string of the molecule is C=S1(=O)NC(=O)c2ccc3c(c2)N(C[C@@H]2CC[C@H]2[C@H](C2OCC(N(C)C)CO2)CC[C@@H](C)[C@@H](C)[C@H]1C)C[C@@]1(CCCc2cc(Cl)ccc21)CO3. The van der Waals surface area contributed by atoms with Gasteiger partial charge in [0.05, 0.1) is 41.3 Å². The van der Waals surface area contributed by atoms with Gasteiger partial charge in [-0.1, -0.05) is 31.5 Å². The van der Waals surface area contributed by atoms with Crippen molar-refractivity contribution in [3.05, 3.63) is 58.1 Å². The Kier molecular flexibility index (Phi) is 10.3. The van der Waals surface area contributed by atoms with E-state index in [1.54, 1.807) is 6.07 Å². The van der Waals surface area contributed by atoms with Gasteiger partial charge >= 0.3 is 0 Å². The summed E-state index contributed by atoms with van der Waals surface area (Å²) in [5.41, 5.74) is 3.82. The Hall–Kier alpha value is -2.30. The second kappa shape index (κ2) is 14.3. The van der Waals surface area contributed by atoms with Gasteiger partial charge in [0.1, 0.15) is 5.75 Å². The molecule has 2 aliphatic carbocycles. The average Bonchev–Trinajstić information content (AvgIpc) is 3.23. The van der Waals surface area contributed by atoms with Crippen molar-refractivity contribution in [2.24, 2.45) is 29.6 Å². The highest BCUT2D eigenvalue weighted by molar-refractivity contribution is 7.99. The van der Waals surface area contributed by atoms with E-state index in [1.807, 2.05) is 25.1 Å². The highest BCUT2D eigenvalue weighted by atomic mass is 35.5. The van der Waals surface area contributed by atoms with Gasteiger partial charge in [0, 0.05) is 40.3 Å². The smallest absolute Gasteiger partial charge is 0.262 e. The topological polar surface area (TPSA) is 80.3 Å². The van der Waals surface area contributed by atoms with Crippen molar-refractivity contribution in [2.45, 2.75) is 88.7 Å². The Morgan fingerprint density at radius 1 is 1.02 bits per heavy atom. The molecule has 1 amide bonds. The first-order chi connectivity index (χ1) is 23.8. The Morgan fingerprint density at radius 2 is 1.78 bits per heavy atom. The quantitative estimate of drug-likeness (QED) is 0.351. The van der Waals surface area contributed by atoms with E-state index in [0.29, 0.717) is 37.2 Å². The number of anilines is 1. The predicted octanol–water partition coefficient (Wildman–Crippen LogP) is 6.57. The molecule has 50 heavy (non-hydrogen) atoms. The van der Waals surface area contributed by atoms with E-state index in [2.05, 4.69) is 60.5 Å². The third-order valence-corrected chi connectivity index (χ3v) is 15.6. The van der Waals surface area contributed by atoms with E-state index in [-0.39, 0.29) is 46.7 Å². The van der Waals surface area contributed by atoms with Crippen molar-refractivity contribution in [1.82, 2.24) is 9.62 Å². The molecule has 5 aliphatic rings. The van der Waals surface area contributed by atoms with Gasteiger partial charge in [-0.3, -0.25) is 9.52 Å². The summed E-state index contributed by atoms with van der Waals surface area (Å²) in [4.78, 5) is 18.5. The number of hydrogen-bond donors (Lipinski definition) is 1. The third kappa shape index (κ3) is 6.94. The van der Waals surface area contributed by atoms with E-state index < -0.39 is 9.71 Å². The first kappa shape index (κ1) is 36.1. The molecule has 1 unspecified atom stereocenters. The molecule has 10 heteroatoms. The zero-order chi connectivity index (χ0) is 35.4. The van der Waals surface area contributed by atoms with Crippen molar-refractivity contribution in [3.63, 3.8) is 0 Å². The average molecular weight is 726 g/mol. The standard InChI is InChI=1S/C40H56ClN3O5S/c1-25-9-13-34(39-47-21-32(22-48-39)43(4)5)33-14-10-30(33)20-44-23-40(17-7-8-28-18-31(41)12-15-35(28)40)24-49-37-16-11-29(19-36(37)44)38(45)42-50(6,46)27(3)26(25)2/h11-12,15-16,18-19,25-27,30,32-34,39H,6-10,13-14,17,20-24H2,1-5H3,(H,42,45,46)/t25-,26-,27-,30+,32?,33-,34-,39?,40+,50?/m1/s1. The molecular weight excluding hydrogens is 670 g/mol. The van der Waals surface area contributed by atoms with Crippen molar-refractivity contribution < 1.29 is 23.2 Å². The largest absolute Gasteiger partial charge is 0.490 e. The first-order valence-electron chi connectivity index (χ1n) is 18.7. The number of aryl methyl sites for hydroxylation is 1. The Morgan fingerprint density at radius 3 is 2.50 bits per heavy atom. The minimum absolute atomic E-state index is 0.0951. The molecule has 1 spiro atoms. The minimum atomic E-state index is -2.94. The van der Waals surface area contributed by atoms with Gasteiger partial charge in [-0.05, 0) is 137 Å². The van der Waals surface area contributed by atoms with Gasteiger partial charge in [-0.25, -0.2) is 4.21 Å². The number of likely N-dealkylation sites (N-methyl/N-ethyl adjacent to an activating group) is 1. The molecule has 0 aromatic heterocycles. The number of fused-ring (bicyclic) bond motifs is 4. The zero-order valence-corrected chi connectivity index (χ0v) is 32.1. The molecule has 2 aromatic rings. The van der Waals surface area contributed by atoms with Crippen LogP contribution in [0.1, 0.15) is 80.8 Å². The summed E-state index contributed by atoms with van der Waals surface area (Å²) in [7, 11) is 1.23. The predicted molar refractivity (Wildman–Crippen MR) is 203 cm³/mol. The van der Waals surface area contributed by atoms with E-state index in [0.717, 1.165) is 74.5 Å². The second-order valence-electron chi connectivity index (χ2n) is 16.4. The van der Waals surface area contributed by atoms with Crippen LogP contribution in [0.25, 0.3) is 0 Å². The van der Waals surface area contributed by atoms with Crippen LogP contribution in [0.4, 0.5) is 5.69 Å². The fourth-order valence-electron chi connectivity index (χ4n) is 9.37. The van der Waals surface area contributed by atoms with Gasteiger partial charge in [-0.15, -0.1) is 0 Å². The Bertz CT molecular complexity index is 1680. The maximum Gasteiger partial charge on any atom is 0.262 e. The molecule has 1 saturated carbocycles. The Labute approximate surface area is 304 Å². The van der Waals surface area contributed by atoms with Gasteiger partial charge in [-0.2, -0.15) is 0 Å². The van der Waals surface area contributed by atoms with E-state index in [4.69, 9.17) is 25.8 Å². The number of carbonyl (C=O) groups excluding carboxylic acids is 1. The van der Waals surface area contributed by atoms with Crippen LogP contribution in [0.5, 0.6) is 5.75 Å². The van der Waals surface area contributed by atoms with Crippen LogP contribution in [0.2, 0.25) is 5.02 Å². The molecule has 2 aromatic carbocycles. The molecule has 8 atom stereocenters. The van der Waals surface area contributed by atoms with E-state index in [1.165, 1.54) is 11.1 Å². The summed E-state index contributed by atoms with van der Waals surface area (Å²) in [6, 6.07) is 12.3. The number of amides is 1. The lowest BCUT2D eigenvalue weighted by Crippen LogP contribution is -2.52. The lowest BCUT2D eigenvalue weighted by atomic mass is 9.64. The van der Waals surface area contributed by atoms with Crippen molar-refractivity contribution >= 4 is 38.8 Å². The number of ether oxygens (including phenoxy) is 3. The summed E-state index contributed by atoms with van der Waals surface area (Å²) in [5, 5.41) is 0.472. The molecule has 3 heterocycles. The second-order valence-corrected chi connectivity index (χ2v) is 19.2. The number of hydrogen-bond acceptors (Lipinski definition) is 7. The van der Waals surface area contributed by atoms with E-state index >= 15 is 0 Å². The lowest BCUT2D eigenvalue weighted by Gasteiger charge is -2.49. The number of nitrogens with one attached hydrogen (secondary N) is 1. The Balaban J connectivity index is 1.28. The third-order valence-electron chi connectivity index (χ3n) is 13.2. The van der Waals surface area contributed by atoms with Crippen LogP contribution in [0.3, 0.4) is 0 Å². The summed E-state index contributed by atoms with van der Waals surface area (Å²) < 4.78 is 36.8. The summed E-state index contributed by atoms with van der Waals surface area (Å²) in [6.07, 6.45) is 7.10. The van der Waals surface area contributed by atoms with Crippen LogP contribution in [0, 0.1) is 29.6 Å². The fraction of sp³-hybridized carbons (Fsp3) is 0.650. The minimum Gasteiger partial charge on any atom is -0.490 e. The summed E-state index contributed by atoms with van der Waals surface area (Å²) in [6.45, 7) is 9.91. The van der Waals surface area contributed by atoms with Crippen molar-refractivity contribution in [3.8, 4) is 5.75 Å². The van der Waals surface area contributed by atoms with Crippen LogP contribution < -0.4 is 14.4 Å². The molecule has 8 nitrogen and oxygen atoms in total. The number of rotatable bonds is 2. The van der Waals surface area contributed by atoms with Gasteiger partial charge in [0.2, 0.25) is 0 Å². The maximum atomic E-state index is 14.1. The van der Waals surface area contributed by atoms with E-state index in [9.17, 15) is 9.00 Å². The van der Waals surface area contributed by atoms with Crippen LogP contribution in [-0.4, -0.2) is 85.5 Å². The zero-order valence-electron chi connectivity index (χ0n) is 30.5. The maximum absolute atomic E-state index is 14.1. The highest BCUT2D eigenvalue weighted by Crippen LogP contribution is 2.49. The number of benzene rings is 2. The van der Waals surface area contributed by atoms with Gasteiger partial charge < -0.3 is 24.0 Å². The molecule has 1 saturated heterocycles. The molecule has 2 bridgehead atoms. The fourth-order valence-corrected chi connectivity index (χ4v) is 11.1. The van der Waals surface area contributed by atoms with Crippen molar-refractivity contribution in [2.75, 3.05) is 51.9 Å². The molecule has 3 aliphatic heterocycles.